The first-order valence-corrected chi connectivity index (χ1v) is 6.33. The zero-order chi connectivity index (χ0) is 14.2. The van der Waals surface area contributed by atoms with Crippen LogP contribution in [0.5, 0.6) is 0 Å². The van der Waals surface area contributed by atoms with Crippen molar-refractivity contribution in [3.05, 3.63) is 58.1 Å². The Kier molecular flexibility index (Phi) is 3.43. The van der Waals surface area contributed by atoms with E-state index in [-0.39, 0.29) is 0 Å². The van der Waals surface area contributed by atoms with Crippen molar-refractivity contribution < 1.29 is 9.90 Å². The molecule has 0 bridgehead atoms. The Morgan fingerprint density at radius 1 is 0.947 bits per heavy atom. The quantitative estimate of drug-likeness (QED) is 0.868. The van der Waals surface area contributed by atoms with Crippen LogP contribution in [0, 0.1) is 27.7 Å². The minimum Gasteiger partial charge on any atom is -0.478 e. The number of benzene rings is 2. The van der Waals surface area contributed by atoms with Crippen molar-refractivity contribution in [1.29, 1.82) is 0 Å². The number of carboxylic acid groups (broad SMARTS) is 1. The zero-order valence-corrected chi connectivity index (χ0v) is 11.7. The lowest BCUT2D eigenvalue weighted by Gasteiger charge is -2.16. The van der Waals surface area contributed by atoms with Crippen LogP contribution in [0.25, 0.3) is 11.1 Å². The molecule has 0 fully saturated rings. The van der Waals surface area contributed by atoms with Crippen LogP contribution in [0.4, 0.5) is 0 Å². The highest BCUT2D eigenvalue weighted by molar-refractivity contribution is 5.90. The number of rotatable bonds is 2. The summed E-state index contributed by atoms with van der Waals surface area (Å²) < 4.78 is 0. The lowest BCUT2D eigenvalue weighted by atomic mass is 9.89. The molecule has 0 saturated heterocycles. The summed E-state index contributed by atoms with van der Waals surface area (Å²) in [6.45, 7) is 8.35. The molecular formula is C17H18O2. The Morgan fingerprint density at radius 2 is 1.53 bits per heavy atom. The Hall–Kier alpha value is -2.09. The van der Waals surface area contributed by atoms with Crippen molar-refractivity contribution in [2.75, 3.05) is 0 Å². The van der Waals surface area contributed by atoms with Gasteiger partial charge in [-0.05, 0) is 73.2 Å². The predicted octanol–water partition coefficient (Wildman–Crippen LogP) is 4.29. The van der Waals surface area contributed by atoms with Gasteiger partial charge in [0, 0.05) is 0 Å². The second kappa shape index (κ2) is 4.88. The third-order valence-corrected chi connectivity index (χ3v) is 3.76. The molecule has 2 rings (SSSR count). The Balaban J connectivity index is 2.72. The van der Waals surface area contributed by atoms with Crippen molar-refractivity contribution in [1.82, 2.24) is 0 Å². The smallest absolute Gasteiger partial charge is 0.335 e. The van der Waals surface area contributed by atoms with Crippen LogP contribution < -0.4 is 0 Å². The highest BCUT2D eigenvalue weighted by Gasteiger charge is 2.12. The maximum Gasteiger partial charge on any atom is 0.335 e. The summed E-state index contributed by atoms with van der Waals surface area (Å²) in [5.74, 6) is -0.887. The van der Waals surface area contributed by atoms with Gasteiger partial charge in [-0.1, -0.05) is 18.2 Å². The lowest BCUT2D eigenvalue weighted by Crippen LogP contribution is -1.98. The van der Waals surface area contributed by atoms with E-state index in [4.69, 9.17) is 5.11 Å². The Labute approximate surface area is 113 Å². The molecule has 0 aromatic heterocycles. The number of aryl methyl sites for hydroxylation is 2. The predicted molar refractivity (Wildman–Crippen MR) is 77.8 cm³/mol. The first kappa shape index (κ1) is 13.3. The molecule has 0 heterocycles. The van der Waals surface area contributed by atoms with Crippen molar-refractivity contribution in [2.45, 2.75) is 27.7 Å². The molecular weight excluding hydrogens is 236 g/mol. The van der Waals surface area contributed by atoms with Crippen molar-refractivity contribution in [3.8, 4) is 11.1 Å². The van der Waals surface area contributed by atoms with E-state index in [0.29, 0.717) is 5.56 Å². The fourth-order valence-corrected chi connectivity index (χ4v) is 2.46. The molecule has 98 valence electrons. The van der Waals surface area contributed by atoms with Gasteiger partial charge in [0.05, 0.1) is 5.56 Å². The SMILES string of the molecule is Cc1cc(C)c(C)c(-c2cccc(C(=O)O)c2)c1C. The van der Waals surface area contributed by atoms with Crippen LogP contribution in [0.3, 0.4) is 0 Å². The fraction of sp³-hybridized carbons (Fsp3) is 0.235. The molecule has 0 aliphatic heterocycles. The molecule has 0 atom stereocenters. The van der Waals surface area contributed by atoms with E-state index < -0.39 is 5.97 Å². The van der Waals surface area contributed by atoms with Crippen LogP contribution in [0.2, 0.25) is 0 Å². The lowest BCUT2D eigenvalue weighted by molar-refractivity contribution is 0.0697. The summed E-state index contributed by atoms with van der Waals surface area (Å²) in [5.41, 5.74) is 7.35. The van der Waals surface area contributed by atoms with Crippen molar-refractivity contribution >= 4 is 5.97 Å². The molecule has 0 aliphatic carbocycles. The monoisotopic (exact) mass is 254 g/mol. The van der Waals surface area contributed by atoms with E-state index in [1.54, 1.807) is 18.2 Å². The fourth-order valence-electron chi connectivity index (χ4n) is 2.46. The molecule has 2 heteroatoms. The van der Waals surface area contributed by atoms with Gasteiger partial charge in [-0.25, -0.2) is 4.79 Å². The summed E-state index contributed by atoms with van der Waals surface area (Å²) >= 11 is 0. The summed E-state index contributed by atoms with van der Waals surface area (Å²) in [5, 5.41) is 9.10. The normalized spacial score (nSPS) is 10.5. The van der Waals surface area contributed by atoms with Gasteiger partial charge in [0.15, 0.2) is 0 Å². The van der Waals surface area contributed by atoms with Crippen molar-refractivity contribution in [3.63, 3.8) is 0 Å². The summed E-state index contributed by atoms with van der Waals surface area (Å²) in [6, 6.07) is 9.32. The van der Waals surface area contributed by atoms with Crippen LogP contribution in [-0.4, -0.2) is 11.1 Å². The number of hydrogen-bond donors (Lipinski definition) is 1. The number of aromatic carboxylic acids is 1. The maximum atomic E-state index is 11.1. The Morgan fingerprint density at radius 3 is 2.05 bits per heavy atom. The van der Waals surface area contributed by atoms with Crippen LogP contribution in [0.1, 0.15) is 32.6 Å². The molecule has 0 spiro atoms. The van der Waals surface area contributed by atoms with Gasteiger partial charge in [0.2, 0.25) is 0 Å². The highest BCUT2D eigenvalue weighted by Crippen LogP contribution is 2.31. The molecule has 0 aliphatic rings. The first-order chi connectivity index (χ1) is 8.91. The minimum absolute atomic E-state index is 0.329. The number of hydrogen-bond acceptors (Lipinski definition) is 1. The average molecular weight is 254 g/mol. The average Bonchev–Trinajstić information content (AvgIpc) is 2.37. The van der Waals surface area contributed by atoms with E-state index in [0.717, 1.165) is 11.1 Å². The van der Waals surface area contributed by atoms with Gasteiger partial charge in [0.25, 0.3) is 0 Å². The minimum atomic E-state index is -0.887. The number of carbonyl (C=O) groups is 1. The zero-order valence-electron chi connectivity index (χ0n) is 11.7. The van der Waals surface area contributed by atoms with Gasteiger partial charge in [-0.2, -0.15) is 0 Å². The molecule has 0 amide bonds. The maximum absolute atomic E-state index is 11.1. The van der Waals surface area contributed by atoms with Crippen LogP contribution in [0.15, 0.2) is 30.3 Å². The third-order valence-electron chi connectivity index (χ3n) is 3.76. The van der Waals surface area contributed by atoms with E-state index in [1.807, 2.05) is 6.07 Å². The van der Waals surface area contributed by atoms with E-state index in [2.05, 4.69) is 33.8 Å². The van der Waals surface area contributed by atoms with E-state index in [9.17, 15) is 4.79 Å². The highest BCUT2D eigenvalue weighted by atomic mass is 16.4. The first-order valence-electron chi connectivity index (χ1n) is 6.33. The van der Waals surface area contributed by atoms with Crippen molar-refractivity contribution in [2.24, 2.45) is 0 Å². The van der Waals surface area contributed by atoms with Gasteiger partial charge in [0.1, 0.15) is 0 Å². The molecule has 2 nitrogen and oxygen atoms in total. The largest absolute Gasteiger partial charge is 0.478 e. The van der Waals surface area contributed by atoms with Gasteiger partial charge < -0.3 is 5.11 Å². The standard InChI is InChI=1S/C17H18O2/c1-10-8-11(2)13(4)16(12(10)3)14-6-5-7-15(9-14)17(18)19/h5-9H,1-4H3,(H,18,19). The van der Waals surface area contributed by atoms with E-state index >= 15 is 0 Å². The third kappa shape index (κ3) is 2.39. The summed E-state index contributed by atoms with van der Waals surface area (Å²) in [4.78, 5) is 11.1. The molecule has 0 unspecified atom stereocenters. The summed E-state index contributed by atoms with van der Waals surface area (Å²) in [7, 11) is 0. The molecule has 19 heavy (non-hydrogen) atoms. The van der Waals surface area contributed by atoms with Gasteiger partial charge in [-0.3, -0.25) is 0 Å². The molecule has 0 saturated carbocycles. The van der Waals surface area contributed by atoms with Gasteiger partial charge in [-0.15, -0.1) is 0 Å². The molecule has 0 radical (unpaired) electrons. The van der Waals surface area contributed by atoms with Gasteiger partial charge >= 0.3 is 5.97 Å². The van der Waals surface area contributed by atoms with E-state index in [1.165, 1.54) is 22.3 Å². The molecule has 2 aromatic carbocycles. The topological polar surface area (TPSA) is 37.3 Å². The molecule has 2 aromatic rings. The summed E-state index contributed by atoms with van der Waals surface area (Å²) in [6.07, 6.45) is 0. The molecule has 1 N–H and O–H groups in total. The Bertz CT molecular complexity index is 628. The second-order valence-corrected chi connectivity index (χ2v) is 5.02. The van der Waals surface area contributed by atoms with Crippen LogP contribution in [-0.2, 0) is 0 Å². The van der Waals surface area contributed by atoms with Crippen LogP contribution >= 0.6 is 0 Å². The number of carboxylic acids is 1. The second-order valence-electron chi connectivity index (χ2n) is 5.02.